The third-order valence-electron chi connectivity index (χ3n) is 4.21. The zero-order valence-electron chi connectivity index (χ0n) is 13.6. The third kappa shape index (κ3) is 3.54. The number of carbonyl (C=O) groups excluding carboxylic acids is 1. The van der Waals surface area contributed by atoms with Crippen LogP contribution in [0.2, 0.25) is 0 Å². The minimum absolute atomic E-state index is 0.172. The summed E-state index contributed by atoms with van der Waals surface area (Å²) in [6, 6.07) is 8.79. The standard InChI is InChI=1S/C18H21N3O3/c1-2-24-18-14(6-5-9-20-18)17(23)21-16(12-10-13(22)11-12)15-7-3-4-8-19-15/h3-9,12-13,16,22H,2,10-11H2,1H3,(H,21,23). The molecule has 1 saturated carbocycles. The van der Waals surface area contributed by atoms with Gasteiger partial charge in [0.1, 0.15) is 5.56 Å². The summed E-state index contributed by atoms with van der Waals surface area (Å²) < 4.78 is 5.44. The normalized spacial score (nSPS) is 20.8. The van der Waals surface area contributed by atoms with Crippen molar-refractivity contribution in [1.29, 1.82) is 0 Å². The van der Waals surface area contributed by atoms with Crippen molar-refractivity contribution in [2.24, 2.45) is 5.92 Å². The first-order valence-electron chi connectivity index (χ1n) is 8.16. The lowest BCUT2D eigenvalue weighted by molar-refractivity contribution is 0.0228. The molecule has 2 aromatic heterocycles. The van der Waals surface area contributed by atoms with Gasteiger partial charge in [0.15, 0.2) is 0 Å². The molecule has 0 radical (unpaired) electrons. The van der Waals surface area contributed by atoms with Crippen LogP contribution in [0.3, 0.4) is 0 Å². The monoisotopic (exact) mass is 327 g/mol. The number of aliphatic hydroxyl groups is 1. The van der Waals surface area contributed by atoms with Crippen LogP contribution in [0, 0.1) is 5.92 Å². The molecule has 1 fully saturated rings. The summed E-state index contributed by atoms with van der Waals surface area (Å²) in [6.45, 7) is 2.29. The van der Waals surface area contributed by atoms with Crippen LogP contribution in [0.15, 0.2) is 42.7 Å². The van der Waals surface area contributed by atoms with E-state index in [4.69, 9.17) is 4.74 Å². The molecule has 0 saturated heterocycles. The number of pyridine rings is 2. The molecule has 1 amide bonds. The third-order valence-corrected chi connectivity index (χ3v) is 4.21. The fourth-order valence-electron chi connectivity index (χ4n) is 2.93. The van der Waals surface area contributed by atoms with Crippen molar-refractivity contribution in [3.05, 3.63) is 54.0 Å². The summed E-state index contributed by atoms with van der Waals surface area (Å²) in [4.78, 5) is 21.2. The van der Waals surface area contributed by atoms with Gasteiger partial charge >= 0.3 is 0 Å². The number of carbonyl (C=O) groups is 1. The van der Waals surface area contributed by atoms with Crippen molar-refractivity contribution in [1.82, 2.24) is 15.3 Å². The number of aliphatic hydroxyl groups excluding tert-OH is 1. The van der Waals surface area contributed by atoms with Gasteiger partial charge in [0.2, 0.25) is 5.88 Å². The van der Waals surface area contributed by atoms with Gasteiger partial charge in [-0.1, -0.05) is 6.07 Å². The quantitative estimate of drug-likeness (QED) is 0.849. The van der Waals surface area contributed by atoms with E-state index in [9.17, 15) is 9.90 Å². The summed E-state index contributed by atoms with van der Waals surface area (Å²) in [7, 11) is 0. The first kappa shape index (κ1) is 16.4. The van der Waals surface area contributed by atoms with Crippen LogP contribution in [0.5, 0.6) is 5.88 Å². The lowest BCUT2D eigenvalue weighted by Gasteiger charge is -2.37. The SMILES string of the molecule is CCOc1ncccc1C(=O)NC(c1ccccn1)C1CC(O)C1. The van der Waals surface area contributed by atoms with Gasteiger partial charge < -0.3 is 15.2 Å². The Labute approximate surface area is 140 Å². The van der Waals surface area contributed by atoms with E-state index >= 15 is 0 Å². The van der Waals surface area contributed by atoms with Crippen LogP contribution in [0.4, 0.5) is 0 Å². The van der Waals surface area contributed by atoms with E-state index in [1.807, 2.05) is 25.1 Å². The Morgan fingerprint density at radius 1 is 1.29 bits per heavy atom. The van der Waals surface area contributed by atoms with E-state index in [0.29, 0.717) is 30.9 Å². The number of hydrogen-bond donors (Lipinski definition) is 2. The van der Waals surface area contributed by atoms with Gasteiger partial charge in [-0.3, -0.25) is 9.78 Å². The molecule has 1 unspecified atom stereocenters. The van der Waals surface area contributed by atoms with E-state index in [0.717, 1.165) is 5.69 Å². The Morgan fingerprint density at radius 2 is 2.08 bits per heavy atom. The fourth-order valence-corrected chi connectivity index (χ4v) is 2.93. The van der Waals surface area contributed by atoms with Gasteiger partial charge in [-0.15, -0.1) is 0 Å². The zero-order valence-corrected chi connectivity index (χ0v) is 13.6. The number of rotatable bonds is 6. The van der Waals surface area contributed by atoms with Crippen molar-refractivity contribution in [3.63, 3.8) is 0 Å². The second-order valence-corrected chi connectivity index (χ2v) is 5.88. The Bertz CT molecular complexity index is 687. The highest BCUT2D eigenvalue weighted by Gasteiger charge is 2.36. The Kier molecular flexibility index (Phi) is 5.05. The number of ether oxygens (including phenoxy) is 1. The lowest BCUT2D eigenvalue weighted by Crippen LogP contribution is -2.41. The fraction of sp³-hybridized carbons (Fsp3) is 0.389. The molecule has 1 aliphatic rings. The van der Waals surface area contributed by atoms with Crippen molar-refractivity contribution < 1.29 is 14.6 Å². The molecule has 6 heteroatoms. The molecule has 0 spiro atoms. The van der Waals surface area contributed by atoms with Crippen LogP contribution in [-0.4, -0.2) is 33.7 Å². The van der Waals surface area contributed by atoms with Crippen LogP contribution in [0.25, 0.3) is 0 Å². The van der Waals surface area contributed by atoms with E-state index in [1.54, 1.807) is 24.5 Å². The van der Waals surface area contributed by atoms with Gasteiger partial charge in [-0.25, -0.2) is 4.98 Å². The van der Waals surface area contributed by atoms with Crippen LogP contribution < -0.4 is 10.1 Å². The summed E-state index contributed by atoms with van der Waals surface area (Å²) in [5, 5.41) is 12.7. The van der Waals surface area contributed by atoms with E-state index in [1.165, 1.54) is 0 Å². The molecule has 126 valence electrons. The molecule has 6 nitrogen and oxygen atoms in total. The van der Waals surface area contributed by atoms with Crippen LogP contribution >= 0.6 is 0 Å². The molecule has 0 aromatic carbocycles. The molecule has 2 heterocycles. The molecule has 1 aliphatic carbocycles. The largest absolute Gasteiger partial charge is 0.477 e. The maximum atomic E-state index is 12.7. The highest BCUT2D eigenvalue weighted by Crippen LogP contribution is 2.37. The van der Waals surface area contributed by atoms with Crippen molar-refractivity contribution >= 4 is 5.91 Å². The first-order chi connectivity index (χ1) is 11.7. The smallest absolute Gasteiger partial charge is 0.257 e. The summed E-state index contributed by atoms with van der Waals surface area (Å²) in [6.07, 6.45) is 4.33. The lowest BCUT2D eigenvalue weighted by atomic mass is 9.76. The predicted octanol–water partition coefficient (Wildman–Crippen LogP) is 2.12. The number of nitrogens with zero attached hydrogens (tertiary/aromatic N) is 2. The number of amides is 1. The predicted molar refractivity (Wildman–Crippen MR) is 88.6 cm³/mol. The maximum Gasteiger partial charge on any atom is 0.257 e. The molecular weight excluding hydrogens is 306 g/mol. The summed E-state index contributed by atoms with van der Waals surface area (Å²) >= 11 is 0. The molecule has 1 atom stereocenters. The second-order valence-electron chi connectivity index (χ2n) is 5.88. The van der Waals surface area contributed by atoms with Gasteiger partial charge in [-0.05, 0) is 49.9 Å². The minimum atomic E-state index is -0.296. The van der Waals surface area contributed by atoms with E-state index in [-0.39, 0.29) is 24.0 Å². The average molecular weight is 327 g/mol. The Balaban J connectivity index is 1.81. The number of aromatic nitrogens is 2. The Morgan fingerprint density at radius 3 is 2.75 bits per heavy atom. The molecule has 2 aromatic rings. The van der Waals surface area contributed by atoms with Crippen molar-refractivity contribution in [3.8, 4) is 5.88 Å². The van der Waals surface area contributed by atoms with Gasteiger partial charge in [0.25, 0.3) is 5.91 Å². The molecular formula is C18H21N3O3. The van der Waals surface area contributed by atoms with Gasteiger partial charge in [-0.2, -0.15) is 0 Å². The number of nitrogens with one attached hydrogen (secondary N) is 1. The molecule has 3 rings (SSSR count). The summed E-state index contributed by atoms with van der Waals surface area (Å²) in [5.41, 5.74) is 1.20. The Hall–Kier alpha value is -2.47. The zero-order chi connectivity index (χ0) is 16.9. The highest BCUT2D eigenvalue weighted by atomic mass is 16.5. The molecule has 0 bridgehead atoms. The van der Waals surface area contributed by atoms with E-state index in [2.05, 4.69) is 15.3 Å². The topological polar surface area (TPSA) is 84.3 Å². The highest BCUT2D eigenvalue weighted by molar-refractivity contribution is 5.96. The van der Waals surface area contributed by atoms with E-state index < -0.39 is 0 Å². The van der Waals surface area contributed by atoms with Gasteiger partial charge in [0.05, 0.1) is 24.4 Å². The van der Waals surface area contributed by atoms with Crippen LogP contribution in [-0.2, 0) is 0 Å². The van der Waals surface area contributed by atoms with Crippen molar-refractivity contribution in [2.75, 3.05) is 6.61 Å². The average Bonchev–Trinajstić information content (AvgIpc) is 2.58. The second kappa shape index (κ2) is 7.40. The molecule has 24 heavy (non-hydrogen) atoms. The molecule has 0 aliphatic heterocycles. The van der Waals surface area contributed by atoms with Crippen LogP contribution in [0.1, 0.15) is 41.9 Å². The van der Waals surface area contributed by atoms with Crippen molar-refractivity contribution in [2.45, 2.75) is 31.9 Å². The minimum Gasteiger partial charge on any atom is -0.477 e. The molecule has 2 N–H and O–H groups in total. The first-order valence-corrected chi connectivity index (χ1v) is 8.16. The summed E-state index contributed by atoms with van der Waals surface area (Å²) in [5.74, 6) is 0.251. The maximum absolute atomic E-state index is 12.7. The number of hydrogen-bond acceptors (Lipinski definition) is 5. The van der Waals surface area contributed by atoms with Gasteiger partial charge in [0, 0.05) is 12.4 Å².